The number of carbonyl (C=O) groups excluding carboxylic acids is 2. The summed E-state index contributed by atoms with van der Waals surface area (Å²) >= 11 is 1.44. The Kier molecular flexibility index (Phi) is 6.40. The molecule has 37 heavy (non-hydrogen) atoms. The van der Waals surface area contributed by atoms with Crippen molar-refractivity contribution in [2.45, 2.75) is 39.0 Å². The minimum Gasteiger partial charge on any atom is -0.457 e. The standard InChI is InChI=1S/C29H26N4O3S/c1-17-24(13-12-23-25(17)37-28(32-23)33-26(34)18-10-11-18)36-22-9-5-8-21(15-22)31-27(35)19-6-4-7-20(14-19)29(2,3)16-30/h4-9,12-15,18H,10-11H2,1-3H3,(H,31,35)(H,32,33,34). The van der Waals surface area contributed by atoms with Gasteiger partial charge in [0.25, 0.3) is 5.91 Å². The number of hydrogen-bond acceptors (Lipinski definition) is 6. The smallest absolute Gasteiger partial charge is 0.255 e. The van der Waals surface area contributed by atoms with Crippen molar-refractivity contribution in [3.8, 4) is 17.6 Å². The van der Waals surface area contributed by atoms with Crippen LogP contribution in [0, 0.1) is 24.2 Å². The molecule has 7 nitrogen and oxygen atoms in total. The van der Waals surface area contributed by atoms with Crippen LogP contribution in [0.2, 0.25) is 0 Å². The second kappa shape index (κ2) is 9.68. The van der Waals surface area contributed by atoms with Gasteiger partial charge in [-0.15, -0.1) is 0 Å². The summed E-state index contributed by atoms with van der Waals surface area (Å²) in [5.41, 5.74) is 2.89. The van der Waals surface area contributed by atoms with Crippen LogP contribution in [0.1, 0.15) is 48.2 Å². The molecule has 0 spiro atoms. The van der Waals surface area contributed by atoms with Crippen LogP contribution in [-0.4, -0.2) is 16.8 Å². The number of nitriles is 1. The van der Waals surface area contributed by atoms with Crippen molar-refractivity contribution in [2.24, 2.45) is 5.92 Å². The van der Waals surface area contributed by atoms with E-state index in [-0.39, 0.29) is 17.7 Å². The van der Waals surface area contributed by atoms with Crippen molar-refractivity contribution < 1.29 is 14.3 Å². The van der Waals surface area contributed by atoms with E-state index in [1.165, 1.54) is 11.3 Å². The quantitative estimate of drug-likeness (QED) is 0.285. The van der Waals surface area contributed by atoms with Crippen molar-refractivity contribution in [1.82, 2.24) is 4.98 Å². The van der Waals surface area contributed by atoms with E-state index in [2.05, 4.69) is 21.7 Å². The van der Waals surface area contributed by atoms with Crippen molar-refractivity contribution in [1.29, 1.82) is 5.26 Å². The van der Waals surface area contributed by atoms with Gasteiger partial charge in [-0.2, -0.15) is 5.26 Å². The lowest BCUT2D eigenvalue weighted by Gasteiger charge is -2.16. The molecule has 1 saturated carbocycles. The lowest BCUT2D eigenvalue weighted by molar-refractivity contribution is -0.117. The average molecular weight is 511 g/mol. The molecule has 5 rings (SSSR count). The molecular weight excluding hydrogens is 484 g/mol. The van der Waals surface area contributed by atoms with Crippen molar-refractivity contribution >= 4 is 44.2 Å². The number of aryl methyl sites for hydroxylation is 1. The van der Waals surface area contributed by atoms with Crippen LogP contribution < -0.4 is 15.4 Å². The Balaban J connectivity index is 1.32. The third-order valence-corrected chi connectivity index (χ3v) is 7.49. The zero-order valence-electron chi connectivity index (χ0n) is 20.8. The third-order valence-electron chi connectivity index (χ3n) is 6.38. The summed E-state index contributed by atoms with van der Waals surface area (Å²) in [7, 11) is 0. The number of nitrogens with one attached hydrogen (secondary N) is 2. The Labute approximate surface area is 219 Å². The van der Waals surface area contributed by atoms with E-state index in [1.807, 2.05) is 51.1 Å². The van der Waals surface area contributed by atoms with Crippen molar-refractivity contribution in [3.63, 3.8) is 0 Å². The zero-order chi connectivity index (χ0) is 26.2. The number of amides is 2. The average Bonchev–Trinajstić information content (AvgIpc) is 3.67. The Hall–Kier alpha value is -4.22. The van der Waals surface area contributed by atoms with Crippen LogP contribution in [0.4, 0.5) is 10.8 Å². The Morgan fingerprint density at radius 3 is 2.62 bits per heavy atom. The van der Waals surface area contributed by atoms with Crippen LogP contribution in [0.15, 0.2) is 60.7 Å². The summed E-state index contributed by atoms with van der Waals surface area (Å²) in [5, 5.41) is 15.8. The van der Waals surface area contributed by atoms with E-state index < -0.39 is 5.41 Å². The van der Waals surface area contributed by atoms with Crippen molar-refractivity contribution in [3.05, 3.63) is 77.4 Å². The lowest BCUT2D eigenvalue weighted by atomic mass is 9.85. The van der Waals surface area contributed by atoms with Crippen LogP contribution in [-0.2, 0) is 10.2 Å². The second-order valence-corrected chi connectivity index (χ2v) is 10.7. The SMILES string of the molecule is Cc1c(Oc2cccc(NC(=O)c3cccc(C(C)(C)C#N)c3)c2)ccc2nc(NC(=O)C3CC3)sc12. The van der Waals surface area contributed by atoms with Gasteiger partial charge >= 0.3 is 0 Å². The predicted octanol–water partition coefficient (Wildman–Crippen LogP) is 6.80. The topological polar surface area (TPSA) is 104 Å². The first-order valence-corrected chi connectivity index (χ1v) is 12.9. The third kappa shape index (κ3) is 5.32. The maximum Gasteiger partial charge on any atom is 0.255 e. The van der Waals surface area contributed by atoms with Gasteiger partial charge < -0.3 is 15.4 Å². The number of fused-ring (bicyclic) bond motifs is 1. The summed E-state index contributed by atoms with van der Waals surface area (Å²) in [4.78, 5) is 29.6. The first-order chi connectivity index (χ1) is 17.7. The molecule has 4 aromatic rings. The molecule has 8 heteroatoms. The molecule has 1 aliphatic rings. The summed E-state index contributed by atoms with van der Waals surface area (Å²) in [6.45, 7) is 5.60. The number of ether oxygens (including phenoxy) is 1. The molecule has 0 unspecified atom stereocenters. The maximum absolute atomic E-state index is 12.9. The highest BCUT2D eigenvalue weighted by molar-refractivity contribution is 7.22. The molecule has 1 fully saturated rings. The van der Waals surface area contributed by atoms with Gasteiger partial charge in [-0.05, 0) is 75.6 Å². The molecule has 0 bridgehead atoms. The number of thiazole rings is 1. The normalized spacial score (nSPS) is 13.1. The Morgan fingerprint density at radius 2 is 1.86 bits per heavy atom. The minimum absolute atomic E-state index is 0.0348. The number of hydrogen-bond donors (Lipinski definition) is 2. The zero-order valence-corrected chi connectivity index (χ0v) is 21.6. The molecule has 2 amide bonds. The van der Waals surface area contributed by atoms with Gasteiger partial charge in [-0.3, -0.25) is 9.59 Å². The van der Waals surface area contributed by atoms with Gasteiger partial charge in [0.05, 0.1) is 21.7 Å². The molecule has 186 valence electrons. The summed E-state index contributed by atoms with van der Waals surface area (Å²) < 4.78 is 7.12. The highest BCUT2D eigenvalue weighted by atomic mass is 32.1. The molecule has 3 aromatic carbocycles. The lowest BCUT2D eigenvalue weighted by Crippen LogP contribution is -2.17. The number of benzene rings is 3. The first kappa shape index (κ1) is 24.5. The molecule has 1 aromatic heterocycles. The number of carbonyl (C=O) groups is 2. The van der Waals surface area contributed by atoms with Gasteiger partial charge in [0, 0.05) is 28.8 Å². The molecule has 0 saturated heterocycles. The van der Waals surface area contributed by atoms with Crippen LogP contribution >= 0.6 is 11.3 Å². The molecule has 1 aliphatic carbocycles. The molecule has 0 atom stereocenters. The molecular formula is C29H26N4O3S. The monoisotopic (exact) mass is 510 g/mol. The minimum atomic E-state index is -0.690. The second-order valence-electron chi connectivity index (χ2n) is 9.72. The molecule has 2 N–H and O–H groups in total. The largest absolute Gasteiger partial charge is 0.457 e. The highest BCUT2D eigenvalue weighted by Gasteiger charge is 2.30. The number of nitrogens with zero attached hydrogens (tertiary/aromatic N) is 2. The van der Waals surface area contributed by atoms with E-state index in [0.717, 1.165) is 34.2 Å². The summed E-state index contributed by atoms with van der Waals surface area (Å²) in [6, 6.07) is 20.3. The number of anilines is 2. The highest BCUT2D eigenvalue weighted by Crippen LogP contribution is 2.37. The molecule has 0 aliphatic heterocycles. The molecule has 1 heterocycles. The Bertz CT molecular complexity index is 1560. The maximum atomic E-state index is 12.9. The van der Waals surface area contributed by atoms with E-state index in [9.17, 15) is 14.9 Å². The van der Waals surface area contributed by atoms with E-state index in [1.54, 1.807) is 30.3 Å². The first-order valence-electron chi connectivity index (χ1n) is 12.1. The van der Waals surface area contributed by atoms with Gasteiger partial charge in [-0.25, -0.2) is 4.98 Å². The van der Waals surface area contributed by atoms with Gasteiger partial charge in [0.15, 0.2) is 5.13 Å². The van der Waals surface area contributed by atoms with Crippen LogP contribution in [0.5, 0.6) is 11.5 Å². The number of rotatable bonds is 7. The van der Waals surface area contributed by atoms with Gasteiger partial charge in [-0.1, -0.05) is 29.5 Å². The fourth-order valence-corrected chi connectivity index (χ4v) is 4.86. The van der Waals surface area contributed by atoms with Crippen LogP contribution in [0.25, 0.3) is 10.2 Å². The van der Waals surface area contributed by atoms with Gasteiger partial charge in [0.2, 0.25) is 5.91 Å². The fraction of sp³-hybridized carbons (Fsp3) is 0.241. The summed E-state index contributed by atoms with van der Waals surface area (Å²) in [5.74, 6) is 1.13. The molecule has 0 radical (unpaired) electrons. The van der Waals surface area contributed by atoms with E-state index in [0.29, 0.717) is 27.9 Å². The van der Waals surface area contributed by atoms with E-state index in [4.69, 9.17) is 4.74 Å². The number of aromatic nitrogens is 1. The van der Waals surface area contributed by atoms with E-state index >= 15 is 0 Å². The van der Waals surface area contributed by atoms with Crippen molar-refractivity contribution in [2.75, 3.05) is 10.6 Å². The van der Waals surface area contributed by atoms with Gasteiger partial charge in [0.1, 0.15) is 11.5 Å². The van der Waals surface area contributed by atoms with Crippen LogP contribution in [0.3, 0.4) is 0 Å². The predicted molar refractivity (Wildman–Crippen MR) is 145 cm³/mol. The fourth-order valence-electron chi connectivity index (χ4n) is 3.90. The Morgan fingerprint density at radius 1 is 1.08 bits per heavy atom. The summed E-state index contributed by atoms with van der Waals surface area (Å²) in [6.07, 6.45) is 1.89.